The Morgan fingerprint density at radius 3 is 2.35 bits per heavy atom. The van der Waals surface area contributed by atoms with Crippen molar-refractivity contribution >= 4 is 11.0 Å². The summed E-state index contributed by atoms with van der Waals surface area (Å²) in [7, 11) is 0. The first kappa shape index (κ1) is 11.8. The van der Waals surface area contributed by atoms with E-state index in [1.807, 2.05) is 27.0 Å². The van der Waals surface area contributed by atoms with Crippen molar-refractivity contribution in [2.45, 2.75) is 40.5 Å². The molecule has 0 bridgehead atoms. The normalized spacial score (nSPS) is 11.4. The van der Waals surface area contributed by atoms with E-state index >= 15 is 0 Å². The van der Waals surface area contributed by atoms with Gasteiger partial charge in [-0.25, -0.2) is 0 Å². The second kappa shape index (κ2) is 3.99. The van der Waals surface area contributed by atoms with Crippen LogP contribution in [0.5, 0.6) is 0 Å². The van der Waals surface area contributed by atoms with Crippen LogP contribution < -0.4 is 5.56 Å². The number of hydrogen-bond donors (Lipinski definition) is 1. The van der Waals surface area contributed by atoms with Gasteiger partial charge in [0, 0.05) is 11.8 Å². The molecule has 17 heavy (non-hydrogen) atoms. The van der Waals surface area contributed by atoms with Crippen LogP contribution in [0, 0.1) is 20.8 Å². The number of pyridine rings is 2. The number of aromatic nitrogens is 2. The van der Waals surface area contributed by atoms with Crippen molar-refractivity contribution in [2.24, 2.45) is 0 Å². The van der Waals surface area contributed by atoms with E-state index in [1.165, 1.54) is 5.56 Å². The lowest BCUT2D eigenvalue weighted by Crippen LogP contribution is -2.13. The molecule has 0 fully saturated rings. The number of H-pyrrole nitrogens is 1. The van der Waals surface area contributed by atoms with Crippen molar-refractivity contribution in [3.05, 3.63) is 38.8 Å². The fraction of sp³-hybridized carbons (Fsp3) is 0.429. The first-order valence-electron chi connectivity index (χ1n) is 5.92. The van der Waals surface area contributed by atoms with Gasteiger partial charge in [0.2, 0.25) is 0 Å². The molecule has 90 valence electrons. The van der Waals surface area contributed by atoms with E-state index in [0.29, 0.717) is 5.92 Å². The van der Waals surface area contributed by atoms with E-state index in [9.17, 15) is 4.79 Å². The molecule has 2 rings (SSSR count). The van der Waals surface area contributed by atoms with Gasteiger partial charge in [-0.1, -0.05) is 13.8 Å². The summed E-state index contributed by atoms with van der Waals surface area (Å²) in [6, 6.07) is 0. The van der Waals surface area contributed by atoms with E-state index in [2.05, 4.69) is 23.8 Å². The smallest absolute Gasteiger partial charge is 0.251 e. The molecule has 2 aromatic rings. The molecule has 0 saturated carbocycles. The van der Waals surface area contributed by atoms with Crippen LogP contribution >= 0.6 is 0 Å². The second-order valence-corrected chi connectivity index (χ2v) is 4.92. The first-order valence-corrected chi connectivity index (χ1v) is 5.92. The van der Waals surface area contributed by atoms with Crippen LogP contribution in [0.2, 0.25) is 0 Å². The first-order chi connectivity index (χ1) is 7.93. The summed E-state index contributed by atoms with van der Waals surface area (Å²) in [6.07, 6.45) is 1.92. The van der Waals surface area contributed by atoms with Gasteiger partial charge in [-0.05, 0) is 43.4 Å². The molecular weight excluding hydrogens is 212 g/mol. The standard InChI is InChI=1S/C14H18N2O/c1-7(2)11-6-15-12-8(3)9(4)14(17)16-13(12)10(11)5/h6-7H,1-5H3,(H,16,17). The summed E-state index contributed by atoms with van der Waals surface area (Å²) in [4.78, 5) is 19.2. The number of hydrogen-bond acceptors (Lipinski definition) is 2. The summed E-state index contributed by atoms with van der Waals surface area (Å²) in [5, 5.41) is 0. The Morgan fingerprint density at radius 1 is 1.12 bits per heavy atom. The number of aryl methyl sites for hydroxylation is 2. The Morgan fingerprint density at radius 2 is 1.76 bits per heavy atom. The average Bonchev–Trinajstić information content (AvgIpc) is 2.27. The number of fused-ring (bicyclic) bond motifs is 1. The summed E-state index contributed by atoms with van der Waals surface area (Å²) in [6.45, 7) is 10.1. The molecule has 3 heteroatoms. The minimum atomic E-state index is -0.0131. The molecule has 0 aliphatic heterocycles. The molecular formula is C14H18N2O. The summed E-state index contributed by atoms with van der Waals surface area (Å²) in [5.41, 5.74) is 5.82. The molecule has 1 N–H and O–H groups in total. The van der Waals surface area contributed by atoms with Crippen molar-refractivity contribution in [3.63, 3.8) is 0 Å². The van der Waals surface area contributed by atoms with Gasteiger partial charge in [0.25, 0.3) is 5.56 Å². The lowest BCUT2D eigenvalue weighted by Gasteiger charge is -2.13. The summed E-state index contributed by atoms with van der Waals surface area (Å²) >= 11 is 0. The highest BCUT2D eigenvalue weighted by Crippen LogP contribution is 2.25. The summed E-state index contributed by atoms with van der Waals surface area (Å²) < 4.78 is 0. The largest absolute Gasteiger partial charge is 0.320 e. The zero-order valence-corrected chi connectivity index (χ0v) is 11.0. The Hall–Kier alpha value is -1.64. The van der Waals surface area contributed by atoms with Gasteiger partial charge in [-0.15, -0.1) is 0 Å². The third-order valence-corrected chi connectivity index (χ3v) is 3.50. The molecule has 2 heterocycles. The number of nitrogens with one attached hydrogen (secondary N) is 1. The Labute approximate surface area is 101 Å². The Bertz CT molecular complexity index is 639. The van der Waals surface area contributed by atoms with Crippen LogP contribution in [-0.2, 0) is 0 Å². The average molecular weight is 230 g/mol. The number of rotatable bonds is 1. The third kappa shape index (κ3) is 1.75. The van der Waals surface area contributed by atoms with Gasteiger partial charge >= 0.3 is 0 Å². The highest BCUT2D eigenvalue weighted by atomic mass is 16.1. The molecule has 0 amide bonds. The van der Waals surface area contributed by atoms with Crippen molar-refractivity contribution in [1.82, 2.24) is 9.97 Å². The quantitative estimate of drug-likeness (QED) is 0.818. The zero-order valence-electron chi connectivity index (χ0n) is 11.0. The fourth-order valence-corrected chi connectivity index (χ4v) is 2.19. The lowest BCUT2D eigenvalue weighted by atomic mass is 9.98. The van der Waals surface area contributed by atoms with Crippen molar-refractivity contribution in [2.75, 3.05) is 0 Å². The van der Waals surface area contributed by atoms with Crippen molar-refractivity contribution in [1.29, 1.82) is 0 Å². The van der Waals surface area contributed by atoms with Crippen LogP contribution in [0.25, 0.3) is 11.0 Å². The third-order valence-electron chi connectivity index (χ3n) is 3.50. The number of aromatic amines is 1. The van der Waals surface area contributed by atoms with E-state index in [1.54, 1.807) is 0 Å². The van der Waals surface area contributed by atoms with E-state index < -0.39 is 0 Å². The minimum Gasteiger partial charge on any atom is -0.320 e. The molecule has 0 radical (unpaired) electrons. The molecule has 0 aliphatic rings. The van der Waals surface area contributed by atoms with Gasteiger partial charge < -0.3 is 4.98 Å². The summed E-state index contributed by atoms with van der Waals surface area (Å²) in [5.74, 6) is 0.414. The van der Waals surface area contributed by atoms with Gasteiger partial charge in [0.05, 0.1) is 11.0 Å². The predicted octanol–water partition coefficient (Wildman–Crippen LogP) is 2.97. The second-order valence-electron chi connectivity index (χ2n) is 4.92. The highest BCUT2D eigenvalue weighted by Gasteiger charge is 2.12. The number of nitrogens with zero attached hydrogens (tertiary/aromatic N) is 1. The lowest BCUT2D eigenvalue weighted by molar-refractivity contribution is 0.850. The SMILES string of the molecule is Cc1c(C)c2ncc(C(C)C)c(C)c2[nH]c1=O. The molecule has 0 unspecified atom stereocenters. The van der Waals surface area contributed by atoms with Crippen LogP contribution in [0.1, 0.15) is 42.0 Å². The van der Waals surface area contributed by atoms with Crippen LogP contribution in [0.4, 0.5) is 0 Å². The van der Waals surface area contributed by atoms with E-state index in [4.69, 9.17) is 0 Å². The predicted molar refractivity (Wildman–Crippen MR) is 70.7 cm³/mol. The van der Waals surface area contributed by atoms with Crippen molar-refractivity contribution < 1.29 is 0 Å². The molecule has 0 aliphatic carbocycles. The zero-order chi connectivity index (χ0) is 12.7. The maximum atomic E-state index is 11.8. The maximum Gasteiger partial charge on any atom is 0.251 e. The van der Waals surface area contributed by atoms with Gasteiger partial charge in [0.1, 0.15) is 0 Å². The van der Waals surface area contributed by atoms with Gasteiger partial charge in [0.15, 0.2) is 0 Å². The Balaban J connectivity index is 2.93. The molecule has 3 nitrogen and oxygen atoms in total. The minimum absolute atomic E-state index is 0.0131. The highest BCUT2D eigenvalue weighted by molar-refractivity contribution is 5.82. The molecule has 0 spiro atoms. The van der Waals surface area contributed by atoms with Gasteiger partial charge in [-0.3, -0.25) is 9.78 Å². The maximum absolute atomic E-state index is 11.8. The molecule has 0 atom stereocenters. The van der Waals surface area contributed by atoms with Gasteiger partial charge in [-0.2, -0.15) is 0 Å². The topological polar surface area (TPSA) is 45.8 Å². The van der Waals surface area contributed by atoms with Crippen LogP contribution in [0.3, 0.4) is 0 Å². The Kier molecular flexibility index (Phi) is 2.77. The molecule has 0 saturated heterocycles. The van der Waals surface area contributed by atoms with Crippen LogP contribution in [-0.4, -0.2) is 9.97 Å². The fourth-order valence-electron chi connectivity index (χ4n) is 2.19. The van der Waals surface area contributed by atoms with Crippen LogP contribution in [0.15, 0.2) is 11.0 Å². The van der Waals surface area contributed by atoms with E-state index in [0.717, 1.165) is 27.7 Å². The van der Waals surface area contributed by atoms with E-state index in [-0.39, 0.29) is 5.56 Å². The molecule has 0 aromatic carbocycles. The van der Waals surface area contributed by atoms with Crippen molar-refractivity contribution in [3.8, 4) is 0 Å². The monoisotopic (exact) mass is 230 g/mol. The molecule has 2 aromatic heterocycles.